The van der Waals surface area contributed by atoms with E-state index in [1.54, 1.807) is 0 Å². The van der Waals surface area contributed by atoms with Crippen molar-refractivity contribution in [1.29, 1.82) is 0 Å². The van der Waals surface area contributed by atoms with Crippen LogP contribution in [0.1, 0.15) is 35.7 Å². The number of nitrogens with zero attached hydrogens (tertiary/aromatic N) is 3. The van der Waals surface area contributed by atoms with Gasteiger partial charge in [-0.3, -0.25) is 0 Å². The second-order valence-corrected chi connectivity index (χ2v) is 9.84. The van der Waals surface area contributed by atoms with Gasteiger partial charge >= 0.3 is 13.2 Å². The molecule has 3 aliphatic rings. The van der Waals surface area contributed by atoms with Crippen molar-refractivity contribution in [3.8, 4) is 0 Å². The van der Waals surface area contributed by atoms with Crippen molar-refractivity contribution >= 4 is 30.8 Å². The second kappa shape index (κ2) is 8.88. The molecule has 7 nitrogen and oxygen atoms in total. The highest BCUT2D eigenvalue weighted by atomic mass is 16.5. The summed E-state index contributed by atoms with van der Waals surface area (Å²) in [6.45, 7) is 4.10. The number of benzene rings is 2. The van der Waals surface area contributed by atoms with Crippen LogP contribution in [0.5, 0.6) is 0 Å². The van der Waals surface area contributed by atoms with E-state index in [0.717, 1.165) is 72.1 Å². The first-order valence-corrected chi connectivity index (χ1v) is 12.4. The summed E-state index contributed by atoms with van der Waals surface area (Å²) in [7, 11) is -1.73. The zero-order valence-electron chi connectivity index (χ0n) is 19.9. The smallest absolute Gasteiger partial charge is 0.381 e. The second-order valence-electron chi connectivity index (χ2n) is 9.84. The van der Waals surface area contributed by atoms with E-state index in [1.165, 1.54) is 0 Å². The van der Waals surface area contributed by atoms with Crippen LogP contribution in [-0.4, -0.2) is 40.5 Å². The molecule has 1 fully saturated rings. The van der Waals surface area contributed by atoms with Crippen molar-refractivity contribution in [2.75, 3.05) is 18.5 Å². The monoisotopic (exact) mass is 469 g/mol. The van der Waals surface area contributed by atoms with Crippen molar-refractivity contribution in [1.82, 2.24) is 14.4 Å². The molecule has 1 aliphatic carbocycles. The quantitative estimate of drug-likeness (QED) is 0.493. The van der Waals surface area contributed by atoms with Gasteiger partial charge in [0, 0.05) is 43.9 Å². The van der Waals surface area contributed by atoms with Crippen molar-refractivity contribution in [2.24, 2.45) is 11.8 Å². The lowest BCUT2D eigenvalue weighted by Gasteiger charge is -2.38. The van der Waals surface area contributed by atoms with Crippen LogP contribution in [0.3, 0.4) is 0 Å². The molecule has 178 valence electrons. The highest BCUT2D eigenvalue weighted by molar-refractivity contribution is 6.46. The summed E-state index contributed by atoms with van der Waals surface area (Å²) in [5.74, 6) is 2.14. The standard InChI is InChI=1S/C27H30BN4O3/c1-18-13-21-9-5-6-10-25(21)32(18,28(33)34)27-30-24-15-20-11-12-35-17-22(20)14-23(24)26(31-27)29-16-19-7-3-2-4-8-19/h2-10,13,20,22,33-34H,11-12,14-17H2,1H3,(H,29,30,31)/q+1. The van der Waals surface area contributed by atoms with Crippen molar-refractivity contribution in [3.63, 3.8) is 0 Å². The Balaban J connectivity index is 1.49. The third-order valence-electron chi connectivity index (χ3n) is 7.84. The molecule has 6 rings (SSSR count). The molecule has 1 aromatic heterocycles. The van der Waals surface area contributed by atoms with Crippen LogP contribution in [0.4, 0.5) is 17.5 Å². The van der Waals surface area contributed by atoms with E-state index in [9.17, 15) is 10.0 Å². The van der Waals surface area contributed by atoms with Gasteiger partial charge in [0.15, 0.2) is 0 Å². The van der Waals surface area contributed by atoms with Gasteiger partial charge in [0.25, 0.3) is 0 Å². The molecule has 3 N–H and O–H groups in total. The zero-order chi connectivity index (χ0) is 24.0. The van der Waals surface area contributed by atoms with Crippen molar-refractivity contribution in [2.45, 2.75) is 32.7 Å². The van der Waals surface area contributed by atoms with E-state index in [4.69, 9.17) is 14.7 Å². The molecule has 2 aliphatic heterocycles. The van der Waals surface area contributed by atoms with E-state index in [-0.39, 0.29) is 4.39 Å². The van der Waals surface area contributed by atoms with Gasteiger partial charge < -0.3 is 20.1 Å². The Morgan fingerprint density at radius 1 is 1.03 bits per heavy atom. The maximum Gasteiger partial charge on any atom is 0.772 e. The molecular weight excluding hydrogens is 439 g/mol. The third kappa shape index (κ3) is 3.68. The maximum atomic E-state index is 10.8. The lowest BCUT2D eigenvalue weighted by Crippen LogP contribution is -2.55. The number of quaternary nitrogens is 1. The summed E-state index contributed by atoms with van der Waals surface area (Å²) in [4.78, 5) is 10.1. The van der Waals surface area contributed by atoms with Gasteiger partial charge in [-0.25, -0.2) is 4.39 Å². The van der Waals surface area contributed by atoms with Gasteiger partial charge in [-0.15, -0.1) is 0 Å². The predicted molar refractivity (Wildman–Crippen MR) is 137 cm³/mol. The molecular formula is C27H30BN4O3+. The Labute approximate surface area is 205 Å². The van der Waals surface area contributed by atoms with Gasteiger partial charge in [-0.1, -0.05) is 42.5 Å². The molecule has 3 heterocycles. The summed E-state index contributed by atoms with van der Waals surface area (Å²) in [5.41, 5.74) is 5.77. The number of anilines is 1. The van der Waals surface area contributed by atoms with Crippen LogP contribution in [0.15, 0.2) is 60.3 Å². The van der Waals surface area contributed by atoms with Crippen molar-refractivity contribution < 1.29 is 14.8 Å². The topological polar surface area (TPSA) is 87.5 Å². The predicted octanol–water partition coefficient (Wildman–Crippen LogP) is 3.82. The number of hydrogen-bond donors (Lipinski definition) is 3. The van der Waals surface area contributed by atoms with Crippen LogP contribution in [0.2, 0.25) is 0 Å². The lowest BCUT2D eigenvalue weighted by atomic mass is 9.75. The average molecular weight is 469 g/mol. The highest BCUT2D eigenvalue weighted by Crippen LogP contribution is 2.47. The van der Waals surface area contributed by atoms with Gasteiger partial charge in [-0.05, 0) is 48.8 Å². The minimum absolute atomic E-state index is 0.305. The first-order chi connectivity index (χ1) is 17.1. The van der Waals surface area contributed by atoms with E-state index in [0.29, 0.717) is 24.3 Å². The molecule has 2 aromatic carbocycles. The number of ether oxygens (including phenoxy) is 1. The number of nitrogens with one attached hydrogen (secondary N) is 1. The Bertz CT molecular complexity index is 1280. The molecule has 3 atom stereocenters. The number of allylic oxidation sites excluding steroid dienone is 1. The SMILES string of the molecule is CC1=Cc2ccccc2[N+]1(B(O)O)c1nc2c(c(NCc3ccccc3)n1)CC1COCCC1C2. The Hall–Kier alpha value is -3.04. The number of hydrogen-bond acceptors (Lipinski definition) is 6. The summed E-state index contributed by atoms with van der Waals surface area (Å²) in [5, 5.41) is 25.2. The Kier molecular flexibility index (Phi) is 5.69. The van der Waals surface area contributed by atoms with Gasteiger partial charge in [0.1, 0.15) is 17.2 Å². The first kappa shape index (κ1) is 22.4. The molecule has 8 heteroatoms. The molecule has 3 unspecified atom stereocenters. The van der Waals surface area contributed by atoms with Crippen LogP contribution in [-0.2, 0) is 24.1 Å². The first-order valence-electron chi connectivity index (χ1n) is 12.4. The van der Waals surface area contributed by atoms with Crippen LogP contribution in [0.25, 0.3) is 6.08 Å². The molecule has 0 amide bonds. The zero-order valence-corrected chi connectivity index (χ0v) is 19.9. The molecule has 35 heavy (non-hydrogen) atoms. The Morgan fingerprint density at radius 3 is 2.66 bits per heavy atom. The summed E-state index contributed by atoms with van der Waals surface area (Å²) >= 11 is 0. The van der Waals surface area contributed by atoms with Gasteiger partial charge in [-0.2, -0.15) is 9.97 Å². The van der Waals surface area contributed by atoms with E-state index in [2.05, 4.69) is 17.4 Å². The molecule has 0 radical (unpaired) electrons. The van der Waals surface area contributed by atoms with Crippen LogP contribution >= 0.6 is 0 Å². The Morgan fingerprint density at radius 2 is 1.83 bits per heavy atom. The number of aromatic nitrogens is 2. The minimum atomic E-state index is -1.73. The fourth-order valence-corrected chi connectivity index (χ4v) is 5.96. The van der Waals surface area contributed by atoms with E-state index in [1.807, 2.05) is 55.5 Å². The molecule has 1 saturated heterocycles. The van der Waals surface area contributed by atoms with Crippen molar-refractivity contribution in [3.05, 3.63) is 82.7 Å². The third-order valence-corrected chi connectivity index (χ3v) is 7.84. The fraction of sp³-hybridized carbons (Fsp3) is 0.333. The summed E-state index contributed by atoms with van der Waals surface area (Å²) in [6, 6.07) is 18.0. The van der Waals surface area contributed by atoms with Crippen LogP contribution < -0.4 is 9.71 Å². The lowest BCUT2D eigenvalue weighted by molar-refractivity contribution is 0.0127. The van der Waals surface area contributed by atoms with E-state index >= 15 is 0 Å². The minimum Gasteiger partial charge on any atom is -0.381 e. The highest BCUT2D eigenvalue weighted by Gasteiger charge is 2.56. The largest absolute Gasteiger partial charge is 0.772 e. The van der Waals surface area contributed by atoms with E-state index < -0.39 is 7.25 Å². The number of rotatable bonds is 5. The number of para-hydroxylation sites is 1. The summed E-state index contributed by atoms with van der Waals surface area (Å²) < 4.78 is 5.49. The van der Waals surface area contributed by atoms with Crippen LogP contribution in [0, 0.1) is 11.8 Å². The molecule has 0 bridgehead atoms. The molecule has 3 aromatic rings. The maximum absolute atomic E-state index is 10.8. The normalized spacial score (nSPS) is 24.7. The summed E-state index contributed by atoms with van der Waals surface area (Å²) in [6.07, 6.45) is 4.74. The molecule has 0 spiro atoms. The van der Waals surface area contributed by atoms with Gasteiger partial charge in [0.05, 0.1) is 5.69 Å². The fourth-order valence-electron chi connectivity index (χ4n) is 5.96. The number of fused-ring (bicyclic) bond motifs is 3. The van der Waals surface area contributed by atoms with Gasteiger partial charge in [0.2, 0.25) is 0 Å². The average Bonchev–Trinajstić information content (AvgIpc) is 3.19. The molecule has 0 saturated carbocycles.